The van der Waals surface area contributed by atoms with Crippen molar-refractivity contribution in [1.82, 2.24) is 15.5 Å². The fraction of sp³-hybridized carbons (Fsp3) is 0.545. The van der Waals surface area contributed by atoms with Crippen molar-refractivity contribution in [3.8, 4) is 0 Å². The molecule has 1 rings (SSSR count). The highest BCUT2D eigenvalue weighted by Crippen LogP contribution is 2.09. The van der Waals surface area contributed by atoms with Crippen LogP contribution in [0, 0.1) is 0 Å². The van der Waals surface area contributed by atoms with E-state index in [0.717, 1.165) is 25.2 Å². The lowest BCUT2D eigenvalue weighted by atomic mass is 10.1. The summed E-state index contributed by atoms with van der Waals surface area (Å²) in [6.45, 7) is 13.0. The molecule has 0 fully saturated rings. The Hall–Kier alpha value is -2.34. The van der Waals surface area contributed by atoms with E-state index in [2.05, 4.69) is 29.4 Å². The van der Waals surface area contributed by atoms with Crippen LogP contribution in [0.4, 0.5) is 4.79 Å². The van der Waals surface area contributed by atoms with E-state index in [1.54, 1.807) is 6.08 Å². The number of alkyl carbamates (subject to hydrolysis) is 1. The first kappa shape index (κ1) is 23.7. The third-order valence-electron chi connectivity index (χ3n) is 4.10. The second-order valence-corrected chi connectivity index (χ2v) is 7.62. The zero-order chi connectivity index (χ0) is 21.0. The fourth-order valence-electron chi connectivity index (χ4n) is 2.63. The molecule has 0 bridgehead atoms. The summed E-state index contributed by atoms with van der Waals surface area (Å²) in [5, 5.41) is 5.72. The third-order valence-corrected chi connectivity index (χ3v) is 4.10. The van der Waals surface area contributed by atoms with E-state index in [-0.39, 0.29) is 11.9 Å². The topological polar surface area (TPSA) is 70.7 Å². The molecule has 2 amide bonds. The Morgan fingerprint density at radius 1 is 1.14 bits per heavy atom. The van der Waals surface area contributed by atoms with Crippen LogP contribution in [0.1, 0.15) is 40.2 Å². The number of nitrogens with zero attached hydrogens (tertiary/aromatic N) is 1. The Kier molecular flexibility index (Phi) is 10.3. The molecule has 0 saturated heterocycles. The average Bonchev–Trinajstić information content (AvgIpc) is 2.62. The smallest absolute Gasteiger partial charge is 0.408 e. The Balaban J connectivity index is 2.66. The predicted molar refractivity (Wildman–Crippen MR) is 113 cm³/mol. The van der Waals surface area contributed by atoms with Crippen molar-refractivity contribution in [3.63, 3.8) is 0 Å². The van der Waals surface area contributed by atoms with Crippen molar-refractivity contribution in [2.75, 3.05) is 26.2 Å². The molecule has 1 aromatic carbocycles. The summed E-state index contributed by atoms with van der Waals surface area (Å²) in [6, 6.07) is 9.47. The van der Waals surface area contributed by atoms with E-state index in [4.69, 9.17) is 4.74 Å². The number of carbonyl (C=O) groups excluding carboxylic acids is 2. The summed E-state index contributed by atoms with van der Waals surface area (Å²) in [5.74, 6) is -0.170. The van der Waals surface area contributed by atoms with Gasteiger partial charge in [-0.05, 0) is 45.8 Å². The van der Waals surface area contributed by atoms with Gasteiger partial charge in [0, 0.05) is 19.2 Å². The first-order chi connectivity index (χ1) is 13.2. The molecule has 1 aromatic rings. The SMILES string of the molecule is CCN(CC)CCNC(=O)C=C[C@H](Cc1ccccc1)NC(=O)OC(C)(C)C. The van der Waals surface area contributed by atoms with Crippen LogP contribution < -0.4 is 10.6 Å². The number of hydrogen-bond donors (Lipinski definition) is 2. The summed E-state index contributed by atoms with van der Waals surface area (Å²) < 4.78 is 5.34. The molecule has 0 saturated carbocycles. The molecule has 1 atom stereocenters. The van der Waals surface area contributed by atoms with Crippen molar-refractivity contribution >= 4 is 12.0 Å². The highest BCUT2D eigenvalue weighted by Gasteiger charge is 2.18. The summed E-state index contributed by atoms with van der Waals surface area (Å²) >= 11 is 0. The maximum Gasteiger partial charge on any atom is 0.408 e. The van der Waals surface area contributed by atoms with E-state index in [1.165, 1.54) is 6.08 Å². The van der Waals surface area contributed by atoms with Crippen LogP contribution in [0.25, 0.3) is 0 Å². The molecular weight excluding hydrogens is 354 g/mol. The summed E-state index contributed by atoms with van der Waals surface area (Å²) in [4.78, 5) is 26.5. The fourth-order valence-corrected chi connectivity index (χ4v) is 2.63. The molecule has 0 aromatic heterocycles. The molecule has 6 heteroatoms. The van der Waals surface area contributed by atoms with Gasteiger partial charge in [0.15, 0.2) is 0 Å². The average molecular weight is 390 g/mol. The van der Waals surface area contributed by atoms with Gasteiger partial charge in [-0.3, -0.25) is 4.79 Å². The highest BCUT2D eigenvalue weighted by atomic mass is 16.6. The van der Waals surface area contributed by atoms with Gasteiger partial charge in [-0.25, -0.2) is 4.79 Å². The number of benzene rings is 1. The van der Waals surface area contributed by atoms with Gasteiger partial charge in [0.2, 0.25) is 5.91 Å². The van der Waals surface area contributed by atoms with Crippen LogP contribution in [0.3, 0.4) is 0 Å². The van der Waals surface area contributed by atoms with Gasteiger partial charge in [0.05, 0.1) is 6.04 Å². The second kappa shape index (κ2) is 12.2. The van der Waals surface area contributed by atoms with Crippen molar-refractivity contribution in [1.29, 1.82) is 0 Å². The number of ether oxygens (including phenoxy) is 1. The lowest BCUT2D eigenvalue weighted by molar-refractivity contribution is -0.116. The van der Waals surface area contributed by atoms with Crippen molar-refractivity contribution in [3.05, 3.63) is 48.0 Å². The van der Waals surface area contributed by atoms with Crippen molar-refractivity contribution in [2.45, 2.75) is 52.7 Å². The minimum atomic E-state index is -0.576. The number of hydrogen-bond acceptors (Lipinski definition) is 4. The number of likely N-dealkylation sites (N-methyl/N-ethyl adjacent to an activating group) is 1. The standard InChI is InChI=1S/C22H35N3O3/c1-6-25(7-2)16-15-23-20(26)14-13-19(17-18-11-9-8-10-12-18)24-21(27)28-22(3,4)5/h8-14,19H,6-7,15-17H2,1-5H3,(H,23,26)(H,24,27)/t19-/m1/s1. The Morgan fingerprint density at radius 3 is 2.36 bits per heavy atom. The molecular formula is C22H35N3O3. The molecule has 0 unspecified atom stereocenters. The molecule has 2 N–H and O–H groups in total. The molecule has 0 aliphatic heterocycles. The summed E-state index contributed by atoms with van der Waals surface area (Å²) in [7, 11) is 0. The van der Waals surface area contributed by atoms with Gasteiger partial charge in [0.25, 0.3) is 0 Å². The quantitative estimate of drug-likeness (QED) is 0.603. The summed E-state index contributed by atoms with van der Waals surface area (Å²) in [5.41, 5.74) is 0.488. The van der Waals surface area contributed by atoms with Crippen LogP contribution in [0.2, 0.25) is 0 Å². The van der Waals surface area contributed by atoms with Gasteiger partial charge < -0.3 is 20.3 Å². The minimum Gasteiger partial charge on any atom is -0.444 e. The number of amides is 2. The maximum atomic E-state index is 12.1. The molecule has 0 spiro atoms. The van der Waals surface area contributed by atoms with Gasteiger partial charge >= 0.3 is 6.09 Å². The molecule has 0 aliphatic carbocycles. The molecule has 6 nitrogen and oxygen atoms in total. The number of carbonyl (C=O) groups is 2. The normalized spacial score (nSPS) is 12.8. The Labute approximate surface area is 169 Å². The van der Waals surface area contributed by atoms with Crippen molar-refractivity contribution in [2.24, 2.45) is 0 Å². The predicted octanol–water partition coefficient (Wildman–Crippen LogP) is 3.14. The van der Waals surface area contributed by atoms with Crippen LogP contribution in [0.15, 0.2) is 42.5 Å². The van der Waals surface area contributed by atoms with Gasteiger partial charge in [0.1, 0.15) is 5.60 Å². The largest absolute Gasteiger partial charge is 0.444 e. The lowest BCUT2D eigenvalue weighted by Crippen LogP contribution is -2.39. The van der Waals surface area contributed by atoms with Crippen LogP contribution in [0.5, 0.6) is 0 Å². The zero-order valence-corrected chi connectivity index (χ0v) is 17.8. The lowest BCUT2D eigenvalue weighted by Gasteiger charge is -2.22. The van der Waals surface area contributed by atoms with Crippen molar-refractivity contribution < 1.29 is 14.3 Å². The van der Waals surface area contributed by atoms with E-state index in [0.29, 0.717) is 13.0 Å². The third kappa shape index (κ3) is 10.7. The monoisotopic (exact) mass is 389 g/mol. The summed E-state index contributed by atoms with van der Waals surface area (Å²) in [6.07, 6.45) is 3.26. The highest BCUT2D eigenvalue weighted by molar-refractivity contribution is 5.87. The van der Waals surface area contributed by atoms with E-state index in [1.807, 2.05) is 51.1 Å². The number of nitrogens with one attached hydrogen (secondary N) is 2. The molecule has 0 radical (unpaired) electrons. The first-order valence-corrected chi connectivity index (χ1v) is 9.95. The number of rotatable bonds is 10. The van der Waals surface area contributed by atoms with E-state index in [9.17, 15) is 9.59 Å². The first-order valence-electron chi connectivity index (χ1n) is 9.95. The van der Waals surface area contributed by atoms with Crippen LogP contribution >= 0.6 is 0 Å². The minimum absolute atomic E-state index is 0.170. The molecule has 156 valence electrons. The molecule has 0 heterocycles. The van der Waals surface area contributed by atoms with Gasteiger partial charge in [-0.1, -0.05) is 50.3 Å². The van der Waals surface area contributed by atoms with Crippen LogP contribution in [-0.2, 0) is 16.0 Å². The van der Waals surface area contributed by atoms with E-state index >= 15 is 0 Å². The maximum absolute atomic E-state index is 12.1. The second-order valence-electron chi connectivity index (χ2n) is 7.62. The van der Waals surface area contributed by atoms with E-state index < -0.39 is 11.7 Å². The molecule has 0 aliphatic rings. The molecule has 28 heavy (non-hydrogen) atoms. The van der Waals surface area contributed by atoms with Crippen LogP contribution in [-0.4, -0.2) is 54.7 Å². The Morgan fingerprint density at radius 2 is 1.79 bits per heavy atom. The Bertz CT molecular complexity index is 620. The van der Waals surface area contributed by atoms with Gasteiger partial charge in [-0.2, -0.15) is 0 Å². The van der Waals surface area contributed by atoms with Gasteiger partial charge in [-0.15, -0.1) is 0 Å². The zero-order valence-electron chi connectivity index (χ0n) is 17.8.